The van der Waals surface area contributed by atoms with Crippen LogP contribution in [0, 0.1) is 0 Å². The van der Waals surface area contributed by atoms with Crippen LogP contribution in [-0.4, -0.2) is 28.4 Å². The Kier molecular flexibility index (Phi) is 2.50. The zero-order valence-corrected chi connectivity index (χ0v) is 8.74. The first-order valence-electron chi connectivity index (χ1n) is 3.98. The van der Waals surface area contributed by atoms with Crippen molar-refractivity contribution >= 4 is 29.0 Å². The van der Waals surface area contributed by atoms with Crippen LogP contribution >= 0.6 is 23.1 Å². The lowest BCUT2D eigenvalue weighted by Gasteiger charge is -1.96. The molecule has 0 bridgehead atoms. The van der Waals surface area contributed by atoms with Gasteiger partial charge in [0, 0.05) is 6.04 Å². The molecule has 0 aromatic carbocycles. The summed E-state index contributed by atoms with van der Waals surface area (Å²) in [5, 5.41) is 11.0. The van der Waals surface area contributed by atoms with Crippen molar-refractivity contribution < 1.29 is 4.79 Å². The van der Waals surface area contributed by atoms with E-state index in [4.69, 9.17) is 0 Å². The minimum Gasteiger partial charge on any atom is -0.347 e. The van der Waals surface area contributed by atoms with Crippen molar-refractivity contribution in [1.29, 1.82) is 0 Å². The molecule has 70 valence electrons. The molecule has 13 heavy (non-hydrogen) atoms. The Hall–Kier alpha value is -0.620. The Bertz CT molecular complexity index is 321. The van der Waals surface area contributed by atoms with Crippen LogP contribution in [0.4, 0.5) is 0 Å². The fourth-order valence-corrected chi connectivity index (χ4v) is 2.03. The first-order valence-corrected chi connectivity index (χ1v) is 6.02. The van der Waals surface area contributed by atoms with Crippen molar-refractivity contribution in [2.24, 2.45) is 0 Å². The molecule has 1 heterocycles. The summed E-state index contributed by atoms with van der Waals surface area (Å²) in [6.07, 6.45) is 4.11. The van der Waals surface area contributed by atoms with E-state index in [0.29, 0.717) is 11.0 Å². The summed E-state index contributed by atoms with van der Waals surface area (Å²) in [6.45, 7) is 0. The van der Waals surface area contributed by atoms with E-state index < -0.39 is 0 Å². The van der Waals surface area contributed by atoms with E-state index >= 15 is 0 Å². The van der Waals surface area contributed by atoms with Gasteiger partial charge in [-0.1, -0.05) is 23.1 Å². The molecular weight excluding hydrogens is 206 g/mol. The zero-order chi connectivity index (χ0) is 9.26. The fourth-order valence-electron chi connectivity index (χ4n) is 0.859. The van der Waals surface area contributed by atoms with E-state index in [9.17, 15) is 4.79 Å². The van der Waals surface area contributed by atoms with E-state index in [1.165, 1.54) is 23.1 Å². The normalized spacial score (nSPS) is 15.8. The average Bonchev–Trinajstić information content (AvgIpc) is 2.82. The van der Waals surface area contributed by atoms with E-state index in [0.717, 1.165) is 17.2 Å². The Balaban J connectivity index is 2.01. The molecule has 4 nitrogen and oxygen atoms in total. The molecule has 1 saturated carbocycles. The van der Waals surface area contributed by atoms with Crippen molar-refractivity contribution in [2.75, 3.05) is 6.26 Å². The monoisotopic (exact) mass is 215 g/mol. The number of carbonyl (C=O) groups is 1. The van der Waals surface area contributed by atoms with E-state index in [2.05, 4.69) is 15.5 Å². The standard InChI is InChI=1S/C7H9N3OS2/c1-12-7-10-9-6(13-7)5(11)8-4-2-3-4/h4H,2-3H2,1H3,(H,8,11). The van der Waals surface area contributed by atoms with Crippen LogP contribution in [-0.2, 0) is 0 Å². The highest BCUT2D eigenvalue weighted by atomic mass is 32.2. The van der Waals surface area contributed by atoms with Gasteiger partial charge in [0.2, 0.25) is 5.01 Å². The van der Waals surface area contributed by atoms with Gasteiger partial charge in [-0.2, -0.15) is 0 Å². The number of nitrogens with one attached hydrogen (secondary N) is 1. The number of hydrogen-bond donors (Lipinski definition) is 1. The summed E-state index contributed by atoms with van der Waals surface area (Å²) in [4.78, 5) is 11.4. The lowest BCUT2D eigenvalue weighted by molar-refractivity contribution is 0.0950. The lowest BCUT2D eigenvalue weighted by atomic mass is 10.6. The first-order chi connectivity index (χ1) is 6.29. The average molecular weight is 215 g/mol. The van der Waals surface area contributed by atoms with Gasteiger partial charge >= 0.3 is 0 Å². The summed E-state index contributed by atoms with van der Waals surface area (Å²) in [6, 6.07) is 0.383. The second-order valence-corrected chi connectivity index (χ2v) is 4.86. The van der Waals surface area contributed by atoms with Crippen LogP contribution in [0.25, 0.3) is 0 Å². The molecule has 1 N–H and O–H groups in total. The topological polar surface area (TPSA) is 54.9 Å². The molecule has 0 radical (unpaired) electrons. The van der Waals surface area contributed by atoms with Gasteiger partial charge in [0.05, 0.1) is 0 Å². The third-order valence-electron chi connectivity index (χ3n) is 1.69. The quantitative estimate of drug-likeness (QED) is 0.769. The zero-order valence-electron chi connectivity index (χ0n) is 7.11. The third kappa shape index (κ3) is 2.19. The molecule has 1 aromatic rings. The molecule has 1 aliphatic rings. The lowest BCUT2D eigenvalue weighted by Crippen LogP contribution is -2.25. The molecule has 0 unspecified atom stereocenters. The van der Waals surface area contributed by atoms with Crippen molar-refractivity contribution in [1.82, 2.24) is 15.5 Å². The van der Waals surface area contributed by atoms with Gasteiger partial charge in [-0.05, 0) is 19.1 Å². The largest absolute Gasteiger partial charge is 0.347 e. The maximum Gasteiger partial charge on any atom is 0.282 e. The van der Waals surface area contributed by atoms with Crippen molar-refractivity contribution in [3.8, 4) is 0 Å². The molecule has 1 aromatic heterocycles. The maximum absolute atomic E-state index is 11.4. The van der Waals surface area contributed by atoms with Crippen LogP contribution in [0.2, 0.25) is 0 Å². The summed E-state index contributed by atoms with van der Waals surface area (Å²) < 4.78 is 0.834. The SMILES string of the molecule is CSc1nnc(C(=O)NC2CC2)s1. The second-order valence-electron chi connectivity index (χ2n) is 2.82. The minimum atomic E-state index is -0.0831. The highest BCUT2D eigenvalue weighted by Gasteiger charge is 2.25. The number of nitrogens with zero attached hydrogens (tertiary/aromatic N) is 2. The Morgan fingerprint density at radius 3 is 2.92 bits per heavy atom. The molecule has 1 amide bonds. The Morgan fingerprint density at radius 1 is 1.62 bits per heavy atom. The van der Waals surface area contributed by atoms with Gasteiger partial charge in [-0.15, -0.1) is 10.2 Å². The maximum atomic E-state index is 11.4. The summed E-state index contributed by atoms with van der Waals surface area (Å²) in [5.74, 6) is -0.0831. The van der Waals surface area contributed by atoms with Gasteiger partial charge < -0.3 is 5.32 Å². The van der Waals surface area contributed by atoms with Crippen molar-refractivity contribution in [3.05, 3.63) is 5.01 Å². The number of amides is 1. The van der Waals surface area contributed by atoms with Crippen LogP contribution in [0.3, 0.4) is 0 Å². The van der Waals surface area contributed by atoms with Crippen molar-refractivity contribution in [3.63, 3.8) is 0 Å². The highest BCUT2D eigenvalue weighted by molar-refractivity contribution is 8.00. The van der Waals surface area contributed by atoms with Gasteiger partial charge in [-0.25, -0.2) is 0 Å². The smallest absolute Gasteiger partial charge is 0.282 e. The summed E-state index contributed by atoms with van der Waals surface area (Å²) in [7, 11) is 0. The summed E-state index contributed by atoms with van der Waals surface area (Å²) >= 11 is 2.85. The number of aromatic nitrogens is 2. The van der Waals surface area contributed by atoms with Crippen molar-refractivity contribution in [2.45, 2.75) is 23.2 Å². The summed E-state index contributed by atoms with van der Waals surface area (Å²) in [5.41, 5.74) is 0. The molecule has 0 saturated heterocycles. The van der Waals surface area contributed by atoms with Crippen LogP contribution in [0.15, 0.2) is 4.34 Å². The van der Waals surface area contributed by atoms with Crippen LogP contribution < -0.4 is 5.32 Å². The Morgan fingerprint density at radius 2 is 2.38 bits per heavy atom. The van der Waals surface area contributed by atoms with Gasteiger partial charge in [0.15, 0.2) is 4.34 Å². The highest BCUT2D eigenvalue weighted by Crippen LogP contribution is 2.22. The predicted octanol–water partition coefficient (Wildman–Crippen LogP) is 1.15. The predicted molar refractivity (Wildman–Crippen MR) is 52.2 cm³/mol. The third-order valence-corrected chi connectivity index (χ3v) is 3.59. The van der Waals surface area contributed by atoms with Gasteiger partial charge in [-0.3, -0.25) is 4.79 Å². The molecule has 0 aliphatic heterocycles. The number of carbonyl (C=O) groups excluding carboxylic acids is 1. The molecule has 1 fully saturated rings. The number of hydrogen-bond acceptors (Lipinski definition) is 5. The van der Waals surface area contributed by atoms with Gasteiger partial charge in [0.25, 0.3) is 5.91 Å². The van der Waals surface area contributed by atoms with Crippen LogP contribution in [0.1, 0.15) is 22.6 Å². The fraction of sp³-hybridized carbons (Fsp3) is 0.571. The van der Waals surface area contributed by atoms with Gasteiger partial charge in [0.1, 0.15) is 0 Å². The molecule has 0 atom stereocenters. The Labute approximate surface area is 84.1 Å². The van der Waals surface area contributed by atoms with E-state index in [-0.39, 0.29) is 5.91 Å². The molecule has 6 heteroatoms. The molecular formula is C7H9N3OS2. The van der Waals surface area contributed by atoms with Crippen LogP contribution in [0.5, 0.6) is 0 Å². The molecule has 0 spiro atoms. The number of thioether (sulfide) groups is 1. The second kappa shape index (κ2) is 3.63. The molecule has 2 rings (SSSR count). The van der Waals surface area contributed by atoms with E-state index in [1.54, 1.807) is 0 Å². The van der Waals surface area contributed by atoms with E-state index in [1.807, 2.05) is 6.26 Å². The first kappa shape index (κ1) is 8.96. The minimum absolute atomic E-state index is 0.0831. The molecule has 1 aliphatic carbocycles. The number of rotatable bonds is 3.